The average molecular weight is 586 g/mol. The van der Waals surface area contributed by atoms with Crippen molar-refractivity contribution in [2.75, 3.05) is 69.8 Å². The van der Waals surface area contributed by atoms with Gasteiger partial charge in [-0.1, -0.05) is 15.9 Å². The van der Waals surface area contributed by atoms with Crippen LogP contribution in [0, 0.1) is 6.57 Å². The lowest BCUT2D eigenvalue weighted by atomic mass is 10.00. The lowest BCUT2D eigenvalue weighted by Crippen LogP contribution is -2.58. The predicted molar refractivity (Wildman–Crippen MR) is 153 cm³/mol. The van der Waals surface area contributed by atoms with Crippen LogP contribution < -0.4 is 14.5 Å². The third-order valence-electron chi connectivity index (χ3n) is 7.55. The van der Waals surface area contributed by atoms with E-state index >= 15 is 0 Å². The number of likely N-dealkylation sites (N-methyl/N-ethyl adjacent to an activating group) is 1. The third-order valence-corrected chi connectivity index (χ3v) is 8.26. The highest BCUT2D eigenvalue weighted by Gasteiger charge is 2.37. The first-order valence-corrected chi connectivity index (χ1v) is 14.1. The molecule has 4 heterocycles. The molecule has 1 aromatic carbocycles. The number of anilines is 2. The molecular formula is C28H37BrN6O3. The molecule has 2 saturated heterocycles. The van der Waals surface area contributed by atoms with Gasteiger partial charge in [0.1, 0.15) is 23.2 Å². The summed E-state index contributed by atoms with van der Waals surface area (Å²) in [5.74, 6) is 1.85. The second kappa shape index (κ2) is 10.4. The number of aromatic nitrogens is 1. The van der Waals surface area contributed by atoms with E-state index in [1.807, 2.05) is 20.8 Å². The quantitative estimate of drug-likeness (QED) is 0.493. The van der Waals surface area contributed by atoms with Gasteiger partial charge in [-0.3, -0.25) is 4.90 Å². The fraction of sp³-hybridized carbons (Fsp3) is 0.607. The number of halogens is 1. The SMILES string of the molecule is [C-]#[N+]C[C@H]1CN(c2cc(N3CC(N(C)C)C3)nc3cc(Br)c4c(c23)OCCC4)CCN1C(=O)OC(C)(C)C. The van der Waals surface area contributed by atoms with Crippen molar-refractivity contribution in [1.82, 2.24) is 14.8 Å². The summed E-state index contributed by atoms with van der Waals surface area (Å²) in [5.41, 5.74) is 2.55. The molecule has 3 aliphatic heterocycles. The maximum absolute atomic E-state index is 13.0. The Balaban J connectivity index is 1.54. The molecule has 3 aliphatic rings. The number of nitrogens with zero attached hydrogens (tertiary/aromatic N) is 6. The lowest BCUT2D eigenvalue weighted by Gasteiger charge is -2.44. The highest BCUT2D eigenvalue weighted by atomic mass is 79.9. The fourth-order valence-electron chi connectivity index (χ4n) is 5.43. The molecule has 2 fully saturated rings. The van der Waals surface area contributed by atoms with Crippen LogP contribution in [-0.4, -0.2) is 98.5 Å². The van der Waals surface area contributed by atoms with Gasteiger partial charge in [0.15, 0.2) is 0 Å². The van der Waals surface area contributed by atoms with Crippen LogP contribution in [0.25, 0.3) is 15.7 Å². The van der Waals surface area contributed by atoms with E-state index in [2.05, 4.69) is 61.7 Å². The molecule has 0 radical (unpaired) electrons. The normalized spacial score (nSPS) is 20.2. The number of rotatable bonds is 4. The van der Waals surface area contributed by atoms with Crippen LogP contribution >= 0.6 is 15.9 Å². The molecule has 5 rings (SSSR count). The van der Waals surface area contributed by atoms with Crippen LogP contribution in [0.4, 0.5) is 16.3 Å². The predicted octanol–water partition coefficient (Wildman–Crippen LogP) is 4.42. The van der Waals surface area contributed by atoms with Crippen LogP contribution in [0.1, 0.15) is 32.8 Å². The van der Waals surface area contributed by atoms with Gasteiger partial charge in [0.25, 0.3) is 0 Å². The van der Waals surface area contributed by atoms with E-state index in [0.717, 1.165) is 58.6 Å². The number of carbonyl (C=O) groups is 1. The highest BCUT2D eigenvalue weighted by molar-refractivity contribution is 9.10. The molecular weight excluding hydrogens is 548 g/mol. The van der Waals surface area contributed by atoms with Crippen LogP contribution in [0.5, 0.6) is 5.75 Å². The van der Waals surface area contributed by atoms with Gasteiger partial charge in [-0.15, -0.1) is 0 Å². The fourth-order valence-corrected chi connectivity index (χ4v) is 6.03. The third kappa shape index (κ3) is 5.23. The monoisotopic (exact) mass is 584 g/mol. The topological polar surface area (TPSA) is 65.7 Å². The van der Waals surface area contributed by atoms with Crippen LogP contribution in [0.2, 0.25) is 0 Å². The summed E-state index contributed by atoms with van der Waals surface area (Å²) in [6, 6.07) is 4.54. The minimum atomic E-state index is -0.585. The van der Waals surface area contributed by atoms with Crippen molar-refractivity contribution in [2.45, 2.75) is 51.3 Å². The molecule has 38 heavy (non-hydrogen) atoms. The van der Waals surface area contributed by atoms with Crippen molar-refractivity contribution in [1.29, 1.82) is 0 Å². The average Bonchev–Trinajstić information content (AvgIpc) is 2.81. The second-order valence-corrected chi connectivity index (χ2v) is 12.5. The Labute approximate surface area is 233 Å². The summed E-state index contributed by atoms with van der Waals surface area (Å²) >= 11 is 3.78. The Morgan fingerprint density at radius 3 is 2.68 bits per heavy atom. The molecule has 204 valence electrons. The van der Waals surface area contributed by atoms with Crippen molar-refractivity contribution in [3.8, 4) is 5.75 Å². The van der Waals surface area contributed by atoms with Gasteiger partial charge in [-0.25, -0.2) is 16.4 Å². The molecule has 0 unspecified atom stereocenters. The molecule has 0 N–H and O–H groups in total. The zero-order valence-electron chi connectivity index (χ0n) is 23.0. The van der Waals surface area contributed by atoms with Gasteiger partial charge in [0.2, 0.25) is 6.54 Å². The van der Waals surface area contributed by atoms with E-state index < -0.39 is 5.60 Å². The number of pyridine rings is 1. The van der Waals surface area contributed by atoms with Crippen LogP contribution in [0.15, 0.2) is 16.6 Å². The van der Waals surface area contributed by atoms with Gasteiger partial charge in [0.05, 0.1) is 23.2 Å². The largest absolute Gasteiger partial charge is 0.492 e. The Bertz CT molecular complexity index is 1260. The number of carbonyl (C=O) groups excluding carboxylic acids is 1. The molecule has 10 heteroatoms. The Morgan fingerprint density at radius 2 is 2.00 bits per heavy atom. The summed E-state index contributed by atoms with van der Waals surface area (Å²) in [6.45, 7) is 17.6. The van der Waals surface area contributed by atoms with Crippen LogP contribution in [-0.2, 0) is 11.2 Å². The van der Waals surface area contributed by atoms with Crippen molar-refractivity contribution in [3.05, 3.63) is 33.6 Å². The smallest absolute Gasteiger partial charge is 0.410 e. The highest BCUT2D eigenvalue weighted by Crippen LogP contribution is 2.44. The molecule has 9 nitrogen and oxygen atoms in total. The van der Waals surface area contributed by atoms with Crippen molar-refractivity contribution >= 4 is 44.4 Å². The van der Waals surface area contributed by atoms with Crippen molar-refractivity contribution in [3.63, 3.8) is 0 Å². The van der Waals surface area contributed by atoms with Gasteiger partial charge in [-0.2, -0.15) is 0 Å². The molecule has 0 spiro atoms. The Hall–Kier alpha value is -2.77. The summed E-state index contributed by atoms with van der Waals surface area (Å²) < 4.78 is 13.0. The molecule has 1 atom stereocenters. The van der Waals surface area contributed by atoms with E-state index in [-0.39, 0.29) is 18.7 Å². The number of fused-ring (bicyclic) bond motifs is 3. The van der Waals surface area contributed by atoms with Crippen molar-refractivity contribution in [2.24, 2.45) is 0 Å². The first kappa shape index (κ1) is 26.8. The number of amides is 1. The minimum absolute atomic E-state index is 0.225. The lowest BCUT2D eigenvalue weighted by molar-refractivity contribution is 0.0156. The van der Waals surface area contributed by atoms with E-state index in [4.69, 9.17) is 21.0 Å². The molecule has 0 saturated carbocycles. The van der Waals surface area contributed by atoms with Gasteiger partial charge >= 0.3 is 6.09 Å². The van der Waals surface area contributed by atoms with Crippen LogP contribution in [0.3, 0.4) is 0 Å². The Morgan fingerprint density at radius 1 is 1.24 bits per heavy atom. The zero-order valence-corrected chi connectivity index (χ0v) is 24.5. The van der Waals surface area contributed by atoms with E-state index in [0.29, 0.717) is 32.3 Å². The number of piperazine rings is 1. The van der Waals surface area contributed by atoms with E-state index in [9.17, 15) is 4.79 Å². The molecule has 1 amide bonds. The van der Waals surface area contributed by atoms with Gasteiger partial charge in [0, 0.05) is 54.9 Å². The van der Waals surface area contributed by atoms with E-state index in [1.54, 1.807) is 4.90 Å². The number of hydrogen-bond donors (Lipinski definition) is 0. The summed E-state index contributed by atoms with van der Waals surface area (Å²) in [5, 5.41) is 1.02. The first-order chi connectivity index (χ1) is 18.1. The summed E-state index contributed by atoms with van der Waals surface area (Å²) in [4.78, 5) is 30.4. The number of benzene rings is 1. The standard InChI is InChI=1S/C28H37BrN6O3/c1-28(2,3)38-27(36)35-10-9-33(15-18(35)14-30-4)23-13-24(34-16-19(17-34)32(5)6)31-22-12-21(29)20-8-7-11-37-26(20)25(22)23/h12-13,18-19H,7-11,14-17H2,1-3,5-6H3/t18-/m0/s1. The zero-order chi connectivity index (χ0) is 27.2. The minimum Gasteiger partial charge on any atom is -0.492 e. The van der Waals surface area contributed by atoms with E-state index in [1.165, 1.54) is 5.56 Å². The second-order valence-electron chi connectivity index (χ2n) is 11.6. The summed E-state index contributed by atoms with van der Waals surface area (Å²) in [7, 11) is 4.23. The summed E-state index contributed by atoms with van der Waals surface area (Å²) in [6.07, 6.45) is 1.58. The van der Waals surface area contributed by atoms with Crippen molar-refractivity contribution < 1.29 is 14.3 Å². The molecule has 0 aliphatic carbocycles. The van der Waals surface area contributed by atoms with Gasteiger partial charge in [-0.05, 0) is 53.8 Å². The number of ether oxygens (including phenoxy) is 2. The maximum atomic E-state index is 13.0. The number of hydrogen-bond acceptors (Lipinski definition) is 7. The Kier molecular flexibility index (Phi) is 7.35. The first-order valence-electron chi connectivity index (χ1n) is 13.3. The van der Waals surface area contributed by atoms with Gasteiger partial charge < -0.3 is 29.0 Å². The molecule has 1 aromatic heterocycles. The molecule has 0 bridgehead atoms. The molecule has 2 aromatic rings. The maximum Gasteiger partial charge on any atom is 0.410 e.